The predicted octanol–water partition coefficient (Wildman–Crippen LogP) is 0.0359. The van der Waals surface area contributed by atoms with E-state index in [9.17, 15) is 13.2 Å². The van der Waals surface area contributed by atoms with Gasteiger partial charge in [-0.05, 0) is 18.6 Å². The molecule has 2 N–H and O–H groups in total. The van der Waals surface area contributed by atoms with Gasteiger partial charge in [-0.15, -0.1) is 0 Å². The van der Waals surface area contributed by atoms with Crippen LogP contribution in [-0.4, -0.2) is 41.1 Å². The quantitative estimate of drug-likeness (QED) is 0.693. The van der Waals surface area contributed by atoms with Crippen molar-refractivity contribution in [3.05, 3.63) is 29.8 Å². The van der Waals surface area contributed by atoms with Gasteiger partial charge in [-0.3, -0.25) is 4.79 Å². The number of carbonyl (C=O) groups is 1. The van der Waals surface area contributed by atoms with Crippen LogP contribution in [0.15, 0.2) is 29.2 Å². The first-order chi connectivity index (χ1) is 8.97. The number of rotatable bonds is 7. The van der Waals surface area contributed by atoms with Crippen molar-refractivity contribution in [3.63, 3.8) is 0 Å². The molecule has 0 spiro atoms. The fourth-order valence-corrected chi connectivity index (χ4v) is 2.68. The molecule has 7 heteroatoms. The van der Waals surface area contributed by atoms with Crippen LogP contribution in [-0.2, 0) is 19.6 Å². The summed E-state index contributed by atoms with van der Waals surface area (Å²) in [4.78, 5) is 11.6. The maximum absolute atomic E-state index is 12.0. The molecule has 1 aromatic carbocycles. The standard InChI is InChI=1S/C12H18N2O4S/c1-10-5-3-4-6-11(10)19(16,17)14-9-12(15)13-7-8-18-2/h3-6,14H,7-9H2,1-2H3,(H,13,15). The summed E-state index contributed by atoms with van der Waals surface area (Å²) in [6, 6.07) is 6.60. The van der Waals surface area contributed by atoms with E-state index in [1.54, 1.807) is 25.1 Å². The van der Waals surface area contributed by atoms with Crippen molar-refractivity contribution in [3.8, 4) is 0 Å². The van der Waals surface area contributed by atoms with Crippen LogP contribution in [0, 0.1) is 6.92 Å². The van der Waals surface area contributed by atoms with Gasteiger partial charge < -0.3 is 10.1 Å². The molecule has 0 aromatic heterocycles. The second kappa shape index (κ2) is 7.22. The van der Waals surface area contributed by atoms with E-state index >= 15 is 0 Å². The Balaban J connectivity index is 2.57. The molecule has 106 valence electrons. The molecule has 0 aliphatic heterocycles. The Morgan fingerprint density at radius 2 is 2.00 bits per heavy atom. The van der Waals surface area contributed by atoms with Crippen molar-refractivity contribution < 1.29 is 17.9 Å². The number of hydrogen-bond acceptors (Lipinski definition) is 4. The summed E-state index contributed by atoms with van der Waals surface area (Å²) < 4.78 is 31.0. The van der Waals surface area contributed by atoms with Gasteiger partial charge in [-0.2, -0.15) is 0 Å². The molecule has 0 unspecified atom stereocenters. The van der Waals surface area contributed by atoms with Crippen LogP contribution in [0.1, 0.15) is 5.56 Å². The highest BCUT2D eigenvalue weighted by atomic mass is 32.2. The van der Waals surface area contributed by atoms with Crippen molar-refractivity contribution in [1.29, 1.82) is 0 Å². The molecule has 0 aliphatic rings. The van der Waals surface area contributed by atoms with Gasteiger partial charge in [-0.1, -0.05) is 18.2 Å². The predicted molar refractivity (Wildman–Crippen MR) is 71.3 cm³/mol. The fraction of sp³-hybridized carbons (Fsp3) is 0.417. The highest BCUT2D eigenvalue weighted by Gasteiger charge is 2.16. The number of amides is 1. The zero-order valence-electron chi connectivity index (χ0n) is 11.0. The van der Waals surface area contributed by atoms with E-state index < -0.39 is 15.9 Å². The van der Waals surface area contributed by atoms with Crippen LogP contribution in [0.5, 0.6) is 0 Å². The zero-order valence-corrected chi connectivity index (χ0v) is 11.8. The summed E-state index contributed by atoms with van der Waals surface area (Å²) in [5, 5.41) is 2.53. The van der Waals surface area contributed by atoms with Crippen LogP contribution >= 0.6 is 0 Å². The summed E-state index contributed by atoms with van der Waals surface area (Å²) in [7, 11) is -2.14. The average molecular weight is 286 g/mol. The molecule has 0 aliphatic carbocycles. The summed E-state index contributed by atoms with van der Waals surface area (Å²) in [5.41, 5.74) is 0.634. The highest BCUT2D eigenvalue weighted by molar-refractivity contribution is 7.89. The maximum atomic E-state index is 12.0. The molecule has 0 saturated heterocycles. The summed E-state index contributed by atoms with van der Waals surface area (Å²) >= 11 is 0. The van der Waals surface area contributed by atoms with Crippen LogP contribution in [0.3, 0.4) is 0 Å². The lowest BCUT2D eigenvalue weighted by molar-refractivity contribution is -0.120. The molecule has 0 radical (unpaired) electrons. The Labute approximate surface area is 113 Å². The summed E-state index contributed by atoms with van der Waals surface area (Å²) in [5.74, 6) is -0.394. The molecular formula is C12H18N2O4S. The third-order valence-electron chi connectivity index (χ3n) is 2.43. The Morgan fingerprint density at radius 3 is 2.63 bits per heavy atom. The van der Waals surface area contributed by atoms with E-state index in [4.69, 9.17) is 4.74 Å². The lowest BCUT2D eigenvalue weighted by Crippen LogP contribution is -2.38. The van der Waals surface area contributed by atoms with Gasteiger partial charge in [0.15, 0.2) is 0 Å². The van der Waals surface area contributed by atoms with E-state index in [0.717, 1.165) is 0 Å². The minimum atomic E-state index is -3.66. The highest BCUT2D eigenvalue weighted by Crippen LogP contribution is 2.13. The third kappa shape index (κ3) is 4.98. The number of methoxy groups -OCH3 is 1. The Bertz CT molecular complexity index is 528. The molecule has 0 saturated carbocycles. The van der Waals surface area contributed by atoms with Gasteiger partial charge in [0.05, 0.1) is 18.0 Å². The van der Waals surface area contributed by atoms with Gasteiger partial charge in [0.1, 0.15) is 0 Å². The minimum absolute atomic E-state index is 0.180. The van der Waals surface area contributed by atoms with Crippen molar-refractivity contribution in [2.24, 2.45) is 0 Å². The Kier molecular flexibility index (Phi) is 5.94. The first-order valence-corrected chi connectivity index (χ1v) is 7.26. The van der Waals surface area contributed by atoms with Gasteiger partial charge >= 0.3 is 0 Å². The van der Waals surface area contributed by atoms with Crippen molar-refractivity contribution in [1.82, 2.24) is 10.0 Å². The molecule has 1 rings (SSSR count). The van der Waals surface area contributed by atoms with Gasteiger partial charge in [0, 0.05) is 13.7 Å². The van der Waals surface area contributed by atoms with Gasteiger partial charge in [-0.25, -0.2) is 13.1 Å². The number of hydrogen-bond donors (Lipinski definition) is 2. The molecular weight excluding hydrogens is 268 g/mol. The van der Waals surface area contributed by atoms with Crippen LogP contribution in [0.4, 0.5) is 0 Å². The Morgan fingerprint density at radius 1 is 1.32 bits per heavy atom. The molecule has 19 heavy (non-hydrogen) atoms. The molecule has 1 amide bonds. The SMILES string of the molecule is COCCNC(=O)CNS(=O)(=O)c1ccccc1C. The largest absolute Gasteiger partial charge is 0.383 e. The first-order valence-electron chi connectivity index (χ1n) is 5.78. The van der Waals surface area contributed by atoms with Crippen molar-refractivity contribution in [2.75, 3.05) is 26.8 Å². The van der Waals surface area contributed by atoms with Gasteiger partial charge in [0.2, 0.25) is 15.9 Å². The monoisotopic (exact) mass is 286 g/mol. The van der Waals surface area contributed by atoms with E-state index in [-0.39, 0.29) is 11.4 Å². The third-order valence-corrected chi connectivity index (χ3v) is 4.00. The maximum Gasteiger partial charge on any atom is 0.241 e. The van der Waals surface area contributed by atoms with Crippen LogP contribution in [0.25, 0.3) is 0 Å². The molecule has 0 heterocycles. The smallest absolute Gasteiger partial charge is 0.241 e. The number of benzene rings is 1. The average Bonchev–Trinajstić information content (AvgIpc) is 2.37. The zero-order chi connectivity index (χ0) is 14.3. The molecule has 0 atom stereocenters. The minimum Gasteiger partial charge on any atom is -0.383 e. The van der Waals surface area contributed by atoms with Crippen molar-refractivity contribution in [2.45, 2.75) is 11.8 Å². The van der Waals surface area contributed by atoms with E-state index in [0.29, 0.717) is 18.7 Å². The first kappa shape index (κ1) is 15.6. The molecule has 6 nitrogen and oxygen atoms in total. The van der Waals surface area contributed by atoms with Crippen molar-refractivity contribution >= 4 is 15.9 Å². The number of aryl methyl sites for hydroxylation is 1. The second-order valence-corrected chi connectivity index (χ2v) is 5.67. The molecule has 0 fully saturated rings. The Hall–Kier alpha value is -1.44. The van der Waals surface area contributed by atoms with E-state index in [1.807, 2.05) is 0 Å². The van der Waals surface area contributed by atoms with Crippen LogP contribution in [0.2, 0.25) is 0 Å². The van der Waals surface area contributed by atoms with Gasteiger partial charge in [0.25, 0.3) is 0 Å². The lowest BCUT2D eigenvalue weighted by Gasteiger charge is -2.09. The number of carbonyl (C=O) groups excluding carboxylic acids is 1. The van der Waals surface area contributed by atoms with E-state index in [2.05, 4.69) is 10.0 Å². The lowest BCUT2D eigenvalue weighted by atomic mass is 10.2. The summed E-state index contributed by atoms with van der Waals surface area (Å²) in [6.07, 6.45) is 0. The molecule has 1 aromatic rings. The topological polar surface area (TPSA) is 84.5 Å². The molecule has 0 bridgehead atoms. The van der Waals surface area contributed by atoms with E-state index in [1.165, 1.54) is 13.2 Å². The fourth-order valence-electron chi connectivity index (χ4n) is 1.45. The second-order valence-electron chi connectivity index (χ2n) is 3.93. The van der Waals surface area contributed by atoms with Crippen LogP contribution < -0.4 is 10.0 Å². The number of sulfonamides is 1. The normalized spacial score (nSPS) is 11.3. The number of ether oxygens (including phenoxy) is 1. The summed E-state index contributed by atoms with van der Waals surface area (Å²) in [6.45, 7) is 2.14. The number of nitrogens with one attached hydrogen (secondary N) is 2.